The van der Waals surface area contributed by atoms with Gasteiger partial charge < -0.3 is 63.8 Å². The van der Waals surface area contributed by atoms with Gasteiger partial charge in [-0.1, -0.05) is 38.1 Å². The van der Waals surface area contributed by atoms with Crippen molar-refractivity contribution in [1.29, 1.82) is 0 Å². The number of alkyl halides is 3. The molecule has 5 N–H and O–H groups in total. The molecule has 0 spiro atoms. The number of aliphatic hydroxyl groups excluding tert-OH is 3. The third kappa shape index (κ3) is 14.5. The van der Waals surface area contributed by atoms with Crippen LogP contribution in [0, 0.1) is 17.8 Å². The van der Waals surface area contributed by atoms with Crippen molar-refractivity contribution in [3.05, 3.63) is 47.3 Å². The molecule has 2 aromatic rings. The number of halogens is 3. The summed E-state index contributed by atoms with van der Waals surface area (Å²) in [6.45, 7) is 18.8. The van der Waals surface area contributed by atoms with Crippen molar-refractivity contribution < 1.29 is 71.9 Å². The zero-order chi connectivity index (χ0) is 53.0. The van der Waals surface area contributed by atoms with E-state index in [1.165, 1.54) is 26.2 Å². The molecule has 3 aliphatic rings. The summed E-state index contributed by atoms with van der Waals surface area (Å²) < 4.78 is 78.9. The van der Waals surface area contributed by atoms with E-state index >= 15 is 0 Å². The van der Waals surface area contributed by atoms with E-state index in [2.05, 4.69) is 10.3 Å². The quantitative estimate of drug-likeness (QED) is 0.162. The molecular formula is C51H84F3N5O12. The van der Waals surface area contributed by atoms with Crippen LogP contribution in [0.2, 0.25) is 0 Å². The van der Waals surface area contributed by atoms with Crippen LogP contribution in [0.15, 0.2) is 30.5 Å². The van der Waals surface area contributed by atoms with Crippen LogP contribution in [0.4, 0.5) is 13.2 Å². The van der Waals surface area contributed by atoms with Gasteiger partial charge in [-0.3, -0.25) is 9.48 Å². The Labute approximate surface area is 418 Å². The van der Waals surface area contributed by atoms with Crippen molar-refractivity contribution in [3.8, 4) is 0 Å². The number of methoxy groups -OCH3 is 1. The monoisotopic (exact) mass is 1020 g/mol. The average molecular weight is 1020 g/mol. The van der Waals surface area contributed by atoms with Gasteiger partial charge in [0.25, 0.3) is 0 Å². The highest BCUT2D eigenvalue weighted by molar-refractivity contribution is 5.73. The molecule has 0 unspecified atom stereocenters. The molecule has 1 aromatic heterocycles. The Balaban J connectivity index is 1.38. The molecule has 5 rings (SSSR count). The highest BCUT2D eigenvalue weighted by atomic mass is 19.4. The van der Waals surface area contributed by atoms with Gasteiger partial charge in [0.15, 0.2) is 12.6 Å². The van der Waals surface area contributed by atoms with Crippen LogP contribution < -0.4 is 0 Å². The van der Waals surface area contributed by atoms with Gasteiger partial charge in [0.05, 0.1) is 52.8 Å². The number of benzene rings is 1. The van der Waals surface area contributed by atoms with Gasteiger partial charge in [-0.25, -0.2) is 0 Å². The molecule has 0 aliphatic carbocycles. The molecule has 0 amide bonds. The number of hydrogen-bond donors (Lipinski definition) is 5. The minimum atomic E-state index is -4.39. The number of aliphatic hydroxyl groups is 5. The zero-order valence-corrected chi connectivity index (χ0v) is 44.1. The molecule has 4 heterocycles. The summed E-state index contributed by atoms with van der Waals surface area (Å²) in [6, 6.07) is 4.07. The number of ether oxygens (including phenoxy) is 6. The van der Waals surface area contributed by atoms with E-state index in [1.54, 1.807) is 53.1 Å². The van der Waals surface area contributed by atoms with Gasteiger partial charge in [-0.15, -0.1) is 5.10 Å². The van der Waals surface area contributed by atoms with E-state index in [9.17, 15) is 43.5 Å². The second-order valence-corrected chi connectivity index (χ2v) is 21.7. The van der Waals surface area contributed by atoms with Crippen LogP contribution in [0.25, 0.3) is 0 Å². The molecule has 18 atom stereocenters. The number of rotatable bonds is 14. The number of aromatic nitrogens is 3. The second-order valence-electron chi connectivity index (χ2n) is 21.7. The van der Waals surface area contributed by atoms with Crippen LogP contribution in [-0.2, 0) is 58.8 Å². The fourth-order valence-corrected chi connectivity index (χ4v) is 11.0. The number of carbonyl (C=O) groups excluding carboxylic acids is 1. The van der Waals surface area contributed by atoms with Crippen LogP contribution in [0.1, 0.15) is 118 Å². The number of cyclic esters (lactones) is 1. The van der Waals surface area contributed by atoms with Gasteiger partial charge in [0.1, 0.15) is 30.0 Å². The summed E-state index contributed by atoms with van der Waals surface area (Å²) in [5, 5.41) is 68.0. The van der Waals surface area contributed by atoms with E-state index in [0.29, 0.717) is 45.3 Å². The maximum Gasteiger partial charge on any atom is 0.416 e. The number of hydrogen-bond acceptors (Lipinski definition) is 16. The Morgan fingerprint density at radius 1 is 0.944 bits per heavy atom. The molecule has 17 nitrogen and oxygen atoms in total. The lowest BCUT2D eigenvalue weighted by Crippen LogP contribution is -2.60. The summed E-state index contributed by atoms with van der Waals surface area (Å²) in [5.41, 5.74) is -3.77. The zero-order valence-electron chi connectivity index (χ0n) is 44.1. The minimum Gasteiger partial charge on any atom is -0.459 e. The summed E-state index contributed by atoms with van der Waals surface area (Å²) in [7, 11) is 5.23. The third-order valence-corrected chi connectivity index (χ3v) is 15.6. The lowest BCUT2D eigenvalue weighted by atomic mass is 9.77. The first-order valence-electron chi connectivity index (χ1n) is 25.3. The molecule has 20 heteroatoms. The number of esters is 1. The van der Waals surface area contributed by atoms with Crippen LogP contribution in [0.3, 0.4) is 0 Å². The number of carbonyl (C=O) groups is 1. The second kappa shape index (κ2) is 24.2. The maximum atomic E-state index is 14.5. The number of aryl methyl sites for hydroxylation is 3. The third-order valence-electron chi connectivity index (χ3n) is 15.6. The van der Waals surface area contributed by atoms with Gasteiger partial charge in [-0.05, 0) is 131 Å². The number of nitrogens with zero attached hydrogens (tertiary/aromatic N) is 5. The fraction of sp³-hybridized carbons (Fsp3) is 0.824. The van der Waals surface area contributed by atoms with Crippen molar-refractivity contribution in [2.24, 2.45) is 17.8 Å². The molecule has 71 heavy (non-hydrogen) atoms. The standard InChI is InChI=1S/C51H84F3N5O12/c1-14-39-50(10,65)43(61)33(6)58(12)27-29(2)25-48(8,64)45(31(4)42(32(5)46(63)69-39)70-40-26-49(9,66-13)44(62)34(7)68-40)71-47-41(60)38(24-30(3)67-47)57(11)22-15-16-37-28-59(56-55-37)23-21-35-17-19-36(20-18-35)51(52,53)54/h17-20,28-34,38-45,47,60-62,64-65H,14-16,21-27H2,1-13H3/t29-,30-,31+,32-,33-,34+,38+,39-,40+,41-,42+,43-,44+,45-,47+,48-,49-,50-/m1/s1. The average Bonchev–Trinajstić information content (AvgIpc) is 3.76. The highest BCUT2D eigenvalue weighted by Gasteiger charge is 2.53. The van der Waals surface area contributed by atoms with Crippen molar-refractivity contribution in [1.82, 2.24) is 24.8 Å². The predicted molar refractivity (Wildman–Crippen MR) is 257 cm³/mol. The molecule has 406 valence electrons. The molecule has 0 bridgehead atoms. The highest BCUT2D eigenvalue weighted by Crippen LogP contribution is 2.40. The Hall–Kier alpha value is -2.86. The first-order chi connectivity index (χ1) is 33.0. The van der Waals surface area contributed by atoms with E-state index in [0.717, 1.165) is 23.4 Å². The van der Waals surface area contributed by atoms with Gasteiger partial charge in [0, 0.05) is 50.8 Å². The Bertz CT molecular complexity index is 1980. The van der Waals surface area contributed by atoms with Gasteiger partial charge >= 0.3 is 12.1 Å². The molecule has 3 fully saturated rings. The van der Waals surface area contributed by atoms with Gasteiger partial charge in [0.2, 0.25) is 0 Å². The lowest BCUT2D eigenvalue weighted by Gasteiger charge is -2.49. The first kappa shape index (κ1) is 59.0. The fourth-order valence-electron chi connectivity index (χ4n) is 11.0. The summed E-state index contributed by atoms with van der Waals surface area (Å²) >= 11 is 0. The smallest absolute Gasteiger partial charge is 0.416 e. The predicted octanol–water partition coefficient (Wildman–Crippen LogP) is 4.76. The summed E-state index contributed by atoms with van der Waals surface area (Å²) in [4.78, 5) is 18.4. The van der Waals surface area contributed by atoms with Crippen LogP contribution in [0.5, 0.6) is 0 Å². The van der Waals surface area contributed by atoms with Crippen molar-refractivity contribution >= 4 is 5.97 Å². The number of likely N-dealkylation sites (N-methyl/N-ethyl adjacent to an activating group) is 2. The molecule has 3 aliphatic heterocycles. The largest absolute Gasteiger partial charge is 0.459 e. The molecule has 3 saturated heterocycles. The van der Waals surface area contributed by atoms with E-state index < -0.39 is 114 Å². The first-order valence-corrected chi connectivity index (χ1v) is 25.3. The van der Waals surface area contributed by atoms with Gasteiger partial charge in [-0.2, -0.15) is 13.2 Å². The van der Waals surface area contributed by atoms with Crippen LogP contribution in [-0.4, -0.2) is 181 Å². The molecule has 0 radical (unpaired) electrons. The Morgan fingerprint density at radius 2 is 1.61 bits per heavy atom. The molecule has 0 saturated carbocycles. The van der Waals surface area contributed by atoms with Crippen molar-refractivity contribution in [3.63, 3.8) is 0 Å². The topological polar surface area (TPSA) is 211 Å². The summed E-state index contributed by atoms with van der Waals surface area (Å²) in [5.74, 6) is -2.85. The summed E-state index contributed by atoms with van der Waals surface area (Å²) in [6.07, 6.45) is -10.1. The molecular weight excluding hydrogens is 932 g/mol. The normalized spacial score (nSPS) is 39.7. The van der Waals surface area contributed by atoms with E-state index in [-0.39, 0.29) is 31.3 Å². The Kier molecular flexibility index (Phi) is 20.1. The van der Waals surface area contributed by atoms with E-state index in [4.69, 9.17) is 28.4 Å². The lowest BCUT2D eigenvalue weighted by molar-refractivity contribution is -0.318. The maximum absolute atomic E-state index is 14.5. The van der Waals surface area contributed by atoms with E-state index in [1.807, 2.05) is 43.9 Å². The van der Waals surface area contributed by atoms with Crippen molar-refractivity contribution in [2.45, 2.75) is 217 Å². The minimum absolute atomic E-state index is 0.0852. The molecule has 1 aromatic carbocycles. The SMILES string of the molecule is CC[C@H]1OC(=O)[C@H](C)[C@@H](O[C@H]2C[C@@](C)(OC)[C@@H](O)[C@H](C)O2)[C@H](C)[C@@H](O[C@@H]2O[C@H](C)C[C@H](N(C)CCCc3cn(CCc4ccc(C(F)(F)F)cc4)nn3)[C@H]2O)[C@](C)(O)C[C@@H](C)CN(C)[C@H](C)[C@@H](O)[C@]1(C)O. The van der Waals surface area contributed by atoms with Crippen molar-refractivity contribution in [2.75, 3.05) is 34.3 Å². The van der Waals surface area contributed by atoms with Crippen LogP contribution >= 0.6 is 0 Å². The Morgan fingerprint density at radius 3 is 2.23 bits per heavy atom.